The normalized spacial score (nSPS) is 14.7. The van der Waals surface area contributed by atoms with E-state index in [9.17, 15) is 17.7 Å². The van der Waals surface area contributed by atoms with Gasteiger partial charge in [0.05, 0.1) is 12.2 Å². The van der Waals surface area contributed by atoms with E-state index in [1.807, 2.05) is 30.4 Å². The first kappa shape index (κ1) is 27.4. The SMILES string of the molecule is C/C=C(/COc1ccc(-c2nnc(CCOP(=O)(O)O)s2)cc1C(F)(F)F)SC1=CCC=CC=C1. The molecule has 0 amide bonds. The van der Waals surface area contributed by atoms with Crippen LogP contribution in [-0.2, 0) is 21.7 Å². The number of phosphoric acid groups is 1. The Labute approximate surface area is 208 Å². The highest BCUT2D eigenvalue weighted by Gasteiger charge is 2.35. The van der Waals surface area contributed by atoms with Gasteiger partial charge in [0, 0.05) is 21.8 Å². The van der Waals surface area contributed by atoms with Crippen LogP contribution in [0.2, 0.25) is 0 Å². The third-order valence-corrected chi connectivity index (χ3v) is 7.18. The summed E-state index contributed by atoms with van der Waals surface area (Å²) in [5, 5.41) is 8.36. The fourth-order valence-electron chi connectivity index (χ4n) is 2.84. The molecular weight excluding hydrogens is 524 g/mol. The zero-order valence-corrected chi connectivity index (χ0v) is 21.0. The van der Waals surface area contributed by atoms with Crippen molar-refractivity contribution in [1.29, 1.82) is 0 Å². The van der Waals surface area contributed by atoms with Gasteiger partial charge in [-0.25, -0.2) is 4.57 Å². The molecule has 35 heavy (non-hydrogen) atoms. The van der Waals surface area contributed by atoms with E-state index in [2.05, 4.69) is 14.7 Å². The molecule has 2 aromatic rings. The van der Waals surface area contributed by atoms with Crippen molar-refractivity contribution in [2.45, 2.75) is 25.9 Å². The molecule has 3 rings (SSSR count). The minimum atomic E-state index is -4.66. The van der Waals surface area contributed by atoms with Crippen LogP contribution >= 0.6 is 30.9 Å². The summed E-state index contributed by atoms with van der Waals surface area (Å²) in [6.07, 6.45) is 7.79. The van der Waals surface area contributed by atoms with E-state index in [0.29, 0.717) is 5.01 Å². The Morgan fingerprint density at radius 1 is 1.29 bits per heavy atom. The number of benzene rings is 1. The van der Waals surface area contributed by atoms with Crippen LogP contribution in [0.1, 0.15) is 23.9 Å². The average molecular weight is 547 g/mol. The molecule has 0 aliphatic heterocycles. The minimum absolute atomic E-state index is 0.0231. The summed E-state index contributed by atoms with van der Waals surface area (Å²) in [7, 11) is -4.61. The first-order valence-corrected chi connectivity index (χ1v) is 13.4. The number of nitrogens with zero attached hydrogens (tertiary/aromatic N) is 2. The molecule has 2 N–H and O–H groups in total. The highest BCUT2D eigenvalue weighted by Crippen LogP contribution is 2.40. The maximum atomic E-state index is 13.8. The number of hydrogen-bond donors (Lipinski definition) is 2. The van der Waals surface area contributed by atoms with E-state index < -0.39 is 19.6 Å². The summed E-state index contributed by atoms with van der Waals surface area (Å²) >= 11 is 2.45. The van der Waals surface area contributed by atoms with Crippen molar-refractivity contribution in [2.24, 2.45) is 0 Å². The number of ether oxygens (including phenoxy) is 1. The van der Waals surface area contributed by atoms with Crippen molar-refractivity contribution >= 4 is 30.9 Å². The van der Waals surface area contributed by atoms with Gasteiger partial charge in [-0.1, -0.05) is 53.5 Å². The second kappa shape index (κ2) is 12.2. The van der Waals surface area contributed by atoms with Crippen molar-refractivity contribution in [3.05, 3.63) is 75.0 Å². The molecule has 7 nitrogen and oxygen atoms in total. The lowest BCUT2D eigenvalue weighted by Crippen LogP contribution is -2.10. The van der Waals surface area contributed by atoms with Crippen LogP contribution in [0.25, 0.3) is 10.6 Å². The van der Waals surface area contributed by atoms with Gasteiger partial charge in [-0.05, 0) is 37.6 Å². The standard InChI is InChI=1S/C22H22F3N2O5PS2/c1-2-16(34-17-7-5-3-4-6-8-17)14-31-19-10-9-15(13-18(19)22(23,24)25)21-27-26-20(35-21)11-12-32-33(28,29)30/h2-5,7-10,13H,6,11-12,14H2,1H3,(H2,28,29,30)/b16-2-. The van der Waals surface area contributed by atoms with Gasteiger partial charge in [-0.15, -0.1) is 10.2 Å². The van der Waals surface area contributed by atoms with Crippen LogP contribution in [0.15, 0.2) is 64.5 Å². The third-order valence-electron chi connectivity index (χ3n) is 4.48. The number of hydrogen-bond acceptors (Lipinski definition) is 7. The molecule has 0 unspecified atom stereocenters. The van der Waals surface area contributed by atoms with Gasteiger partial charge in [0.2, 0.25) is 0 Å². The molecular formula is C22H22F3N2O5PS2. The Kier molecular flexibility index (Phi) is 9.51. The molecule has 0 saturated heterocycles. The highest BCUT2D eigenvalue weighted by atomic mass is 32.2. The molecule has 1 aliphatic rings. The predicted octanol–water partition coefficient (Wildman–Crippen LogP) is 6.29. The molecule has 188 valence electrons. The number of aromatic nitrogens is 2. The molecule has 1 aliphatic carbocycles. The van der Waals surface area contributed by atoms with Crippen molar-refractivity contribution in [3.8, 4) is 16.3 Å². The largest absolute Gasteiger partial charge is 0.488 e. The zero-order chi connectivity index (χ0) is 25.5. The van der Waals surface area contributed by atoms with Crippen molar-refractivity contribution in [1.82, 2.24) is 10.2 Å². The number of thioether (sulfide) groups is 1. The number of allylic oxidation sites excluding steroid dienone is 6. The maximum absolute atomic E-state index is 13.8. The van der Waals surface area contributed by atoms with E-state index in [1.54, 1.807) is 13.0 Å². The molecule has 0 radical (unpaired) electrons. The van der Waals surface area contributed by atoms with Crippen LogP contribution in [0.5, 0.6) is 5.75 Å². The Balaban J connectivity index is 1.72. The maximum Gasteiger partial charge on any atom is 0.469 e. The lowest BCUT2D eigenvalue weighted by molar-refractivity contribution is -0.138. The van der Waals surface area contributed by atoms with E-state index in [1.165, 1.54) is 23.9 Å². The summed E-state index contributed by atoms with van der Waals surface area (Å²) in [5.74, 6) is -0.298. The summed E-state index contributed by atoms with van der Waals surface area (Å²) in [5.41, 5.74) is -0.735. The van der Waals surface area contributed by atoms with E-state index in [-0.39, 0.29) is 36.0 Å². The topological polar surface area (TPSA) is 102 Å². The van der Waals surface area contributed by atoms with Crippen molar-refractivity contribution < 1.29 is 36.8 Å². The predicted molar refractivity (Wildman–Crippen MR) is 130 cm³/mol. The molecule has 0 atom stereocenters. The lowest BCUT2D eigenvalue weighted by Gasteiger charge is -2.16. The van der Waals surface area contributed by atoms with Crippen molar-refractivity contribution in [3.63, 3.8) is 0 Å². The molecule has 13 heteroatoms. The van der Waals surface area contributed by atoms with Gasteiger partial charge in [0.25, 0.3) is 0 Å². The molecule has 0 bridgehead atoms. The Hall–Kier alpha value is -2.21. The Morgan fingerprint density at radius 3 is 2.80 bits per heavy atom. The van der Waals surface area contributed by atoms with Gasteiger partial charge in [-0.3, -0.25) is 4.52 Å². The number of halogens is 3. The summed E-state index contributed by atoms with van der Waals surface area (Å²) in [6.45, 7) is 1.48. The molecule has 1 aromatic carbocycles. The van der Waals surface area contributed by atoms with Gasteiger partial charge in [0.15, 0.2) is 0 Å². The van der Waals surface area contributed by atoms with Crippen LogP contribution in [0.3, 0.4) is 0 Å². The average Bonchev–Trinajstić information content (AvgIpc) is 3.10. The van der Waals surface area contributed by atoms with Gasteiger partial charge in [0.1, 0.15) is 22.4 Å². The first-order valence-electron chi connectivity index (χ1n) is 10.3. The Bertz CT molecular complexity index is 1200. The van der Waals surface area contributed by atoms with Crippen LogP contribution < -0.4 is 4.74 Å². The Morgan fingerprint density at radius 2 is 2.09 bits per heavy atom. The smallest absolute Gasteiger partial charge is 0.469 e. The summed E-state index contributed by atoms with van der Waals surface area (Å²) in [6, 6.07) is 3.67. The van der Waals surface area contributed by atoms with Gasteiger partial charge >= 0.3 is 14.0 Å². The number of phosphoric ester groups is 1. The first-order chi connectivity index (χ1) is 16.5. The fraction of sp³-hybridized carbons (Fsp3) is 0.273. The monoisotopic (exact) mass is 546 g/mol. The second-order valence-electron chi connectivity index (χ2n) is 7.06. The quantitative estimate of drug-likeness (QED) is 0.335. The number of rotatable bonds is 10. The molecule has 1 heterocycles. The van der Waals surface area contributed by atoms with Gasteiger partial charge in [-0.2, -0.15) is 13.2 Å². The second-order valence-corrected chi connectivity index (χ2v) is 10.6. The zero-order valence-electron chi connectivity index (χ0n) is 18.4. The van der Waals surface area contributed by atoms with Gasteiger partial charge < -0.3 is 14.5 Å². The molecule has 0 spiro atoms. The fourth-order valence-corrected chi connectivity index (χ4v) is 4.85. The van der Waals surface area contributed by atoms with E-state index >= 15 is 0 Å². The highest BCUT2D eigenvalue weighted by molar-refractivity contribution is 8.06. The molecule has 1 aromatic heterocycles. The van der Waals surface area contributed by atoms with E-state index in [4.69, 9.17) is 14.5 Å². The summed E-state index contributed by atoms with van der Waals surface area (Å²) < 4.78 is 62.1. The lowest BCUT2D eigenvalue weighted by atomic mass is 10.1. The summed E-state index contributed by atoms with van der Waals surface area (Å²) in [4.78, 5) is 19.2. The van der Waals surface area contributed by atoms with Crippen LogP contribution in [-0.4, -0.2) is 33.2 Å². The van der Waals surface area contributed by atoms with Crippen LogP contribution in [0, 0.1) is 0 Å². The van der Waals surface area contributed by atoms with E-state index in [0.717, 1.165) is 33.6 Å². The minimum Gasteiger partial charge on any atom is -0.488 e. The molecule has 0 saturated carbocycles. The number of alkyl halides is 3. The van der Waals surface area contributed by atoms with Crippen LogP contribution in [0.4, 0.5) is 13.2 Å². The molecule has 0 fully saturated rings. The third kappa shape index (κ3) is 8.75. The van der Waals surface area contributed by atoms with Crippen molar-refractivity contribution in [2.75, 3.05) is 13.2 Å².